The molecule has 1 saturated heterocycles. The Morgan fingerprint density at radius 3 is 2.59 bits per heavy atom. The Balaban J connectivity index is 1.07. The van der Waals surface area contributed by atoms with Crippen molar-refractivity contribution in [3.8, 4) is 0 Å². The first-order valence-electron chi connectivity index (χ1n) is 15.7. The lowest BCUT2D eigenvalue weighted by Gasteiger charge is -2.58. The third-order valence-electron chi connectivity index (χ3n) is 11.7. The van der Waals surface area contributed by atoms with E-state index in [0.717, 1.165) is 76.0 Å². The number of carbonyl (C=O) groups excluding carboxylic acids is 1. The summed E-state index contributed by atoms with van der Waals surface area (Å²) in [6.45, 7) is 9.28. The molecule has 212 valence electrons. The van der Waals surface area contributed by atoms with Gasteiger partial charge in [0.15, 0.2) is 0 Å². The van der Waals surface area contributed by atoms with E-state index in [9.17, 15) is 4.79 Å². The second-order valence-corrected chi connectivity index (χ2v) is 14.0. The van der Waals surface area contributed by atoms with Gasteiger partial charge in [-0.1, -0.05) is 37.6 Å². The molecule has 0 spiro atoms. The molecule has 1 aromatic heterocycles. The predicted molar refractivity (Wildman–Crippen MR) is 157 cm³/mol. The van der Waals surface area contributed by atoms with Crippen LogP contribution in [0, 0.1) is 34.5 Å². The zero-order chi connectivity index (χ0) is 27.2. The number of allylic oxidation sites excluding steroid dienone is 3. The lowest BCUT2D eigenvalue weighted by atomic mass is 9.47. The van der Waals surface area contributed by atoms with E-state index in [4.69, 9.17) is 4.74 Å². The van der Waals surface area contributed by atoms with Gasteiger partial charge in [0.2, 0.25) is 0 Å². The molecule has 4 aliphatic carbocycles. The minimum atomic E-state index is 0.0681. The van der Waals surface area contributed by atoms with E-state index in [-0.39, 0.29) is 28.8 Å². The first kappa shape index (κ1) is 27.2. The summed E-state index contributed by atoms with van der Waals surface area (Å²) >= 11 is 0. The number of hydrogen-bond donors (Lipinski definition) is 0. The Morgan fingerprint density at radius 1 is 1.05 bits per heavy atom. The molecule has 5 heteroatoms. The molecular formula is C34H49N3O2. The van der Waals surface area contributed by atoms with E-state index in [1.165, 1.54) is 36.8 Å². The Labute approximate surface area is 236 Å². The maximum Gasteiger partial charge on any atom is 0.309 e. The summed E-state index contributed by atoms with van der Waals surface area (Å²) in [5.74, 6) is 2.37. The fraction of sp³-hybridized carbons (Fsp3) is 0.706. The number of pyridine rings is 1. The topological polar surface area (TPSA) is 45.7 Å². The van der Waals surface area contributed by atoms with Gasteiger partial charge in [-0.3, -0.25) is 9.78 Å². The van der Waals surface area contributed by atoms with Gasteiger partial charge < -0.3 is 14.5 Å². The van der Waals surface area contributed by atoms with Crippen molar-refractivity contribution in [1.82, 2.24) is 14.8 Å². The second-order valence-electron chi connectivity index (χ2n) is 14.0. The Hall–Kier alpha value is -1.98. The standard InChI is InChI=1S/C34H49N3O2/c1-33-15-11-27(39-32(38)24-13-18-37(19-14-24)21-20-36(3)4)22-26(33)7-8-28-30-10-9-29(25-6-5-17-35-23-25)34(30,2)16-12-31(28)33/h5-7,9,17,23-24,27-28,30-31H,8,10-16,18-22H2,1-4H3/t27-,28-,30-,31-,33-,34+/m0/s1. The van der Waals surface area contributed by atoms with Gasteiger partial charge in [0, 0.05) is 31.9 Å². The molecule has 1 aliphatic heterocycles. The normalized spacial score (nSPS) is 36.9. The number of likely N-dealkylation sites (tertiary alicyclic amines) is 1. The number of carbonyl (C=O) groups is 1. The molecule has 0 radical (unpaired) electrons. The van der Waals surface area contributed by atoms with Crippen LogP contribution >= 0.6 is 0 Å². The van der Waals surface area contributed by atoms with Crippen LogP contribution in [0.3, 0.4) is 0 Å². The SMILES string of the molecule is CN(C)CCN1CCC(C(=O)O[C@H]2CC[C@@]3(C)C(=CC[C@@H]4[C@@H]3CC[C@]3(C)C(c5cccnc5)=CC[C@@H]43)C2)CC1. The first-order valence-corrected chi connectivity index (χ1v) is 15.7. The quantitative estimate of drug-likeness (QED) is 0.322. The van der Waals surface area contributed by atoms with Gasteiger partial charge in [-0.25, -0.2) is 0 Å². The molecule has 6 atom stereocenters. The summed E-state index contributed by atoms with van der Waals surface area (Å²) in [6.07, 6.45) is 19.1. The maximum absolute atomic E-state index is 13.1. The van der Waals surface area contributed by atoms with Crippen LogP contribution in [-0.4, -0.2) is 67.1 Å². The van der Waals surface area contributed by atoms with Gasteiger partial charge in [-0.15, -0.1) is 0 Å². The Morgan fingerprint density at radius 2 is 1.85 bits per heavy atom. The number of nitrogens with zero attached hydrogens (tertiary/aromatic N) is 3. The highest BCUT2D eigenvalue weighted by molar-refractivity contribution is 5.73. The van der Waals surface area contributed by atoms with E-state index in [1.54, 1.807) is 5.57 Å². The number of esters is 1. The van der Waals surface area contributed by atoms with E-state index in [2.05, 4.69) is 73.2 Å². The molecule has 5 aliphatic rings. The summed E-state index contributed by atoms with van der Waals surface area (Å²) < 4.78 is 6.22. The number of fused-ring (bicyclic) bond motifs is 5. The minimum absolute atomic E-state index is 0.0681. The van der Waals surface area contributed by atoms with Crippen molar-refractivity contribution in [3.63, 3.8) is 0 Å². The fourth-order valence-corrected chi connectivity index (χ4v) is 9.26. The average Bonchev–Trinajstić information content (AvgIpc) is 3.30. The summed E-state index contributed by atoms with van der Waals surface area (Å²) in [7, 11) is 4.25. The smallest absolute Gasteiger partial charge is 0.309 e. The summed E-state index contributed by atoms with van der Waals surface area (Å²) in [6, 6.07) is 4.33. The molecular weight excluding hydrogens is 482 g/mol. The molecule has 2 heterocycles. The van der Waals surface area contributed by atoms with Crippen LogP contribution in [0.2, 0.25) is 0 Å². The summed E-state index contributed by atoms with van der Waals surface area (Å²) in [5, 5.41) is 0. The van der Waals surface area contributed by atoms with E-state index in [1.807, 2.05) is 6.20 Å². The van der Waals surface area contributed by atoms with E-state index >= 15 is 0 Å². The number of rotatable bonds is 6. The largest absolute Gasteiger partial charge is 0.462 e. The van der Waals surface area contributed by atoms with E-state index in [0.29, 0.717) is 0 Å². The van der Waals surface area contributed by atoms with Crippen LogP contribution in [0.1, 0.15) is 77.2 Å². The Bertz CT molecular complexity index is 1100. The number of aromatic nitrogens is 1. The summed E-state index contributed by atoms with van der Waals surface area (Å²) in [5.41, 5.74) is 4.98. The molecule has 2 saturated carbocycles. The van der Waals surface area contributed by atoms with Gasteiger partial charge >= 0.3 is 5.97 Å². The van der Waals surface area contributed by atoms with Gasteiger partial charge in [-0.2, -0.15) is 0 Å². The van der Waals surface area contributed by atoms with Crippen molar-refractivity contribution >= 4 is 11.5 Å². The van der Waals surface area contributed by atoms with Gasteiger partial charge in [-0.05, 0) is 124 Å². The average molecular weight is 532 g/mol. The van der Waals surface area contributed by atoms with Crippen molar-refractivity contribution in [3.05, 3.63) is 47.8 Å². The van der Waals surface area contributed by atoms with Gasteiger partial charge in [0.05, 0.1) is 5.92 Å². The molecule has 5 nitrogen and oxygen atoms in total. The predicted octanol–water partition coefficient (Wildman–Crippen LogP) is 6.22. The molecule has 0 unspecified atom stereocenters. The van der Waals surface area contributed by atoms with Crippen molar-refractivity contribution in [2.75, 3.05) is 40.3 Å². The highest BCUT2D eigenvalue weighted by Gasteiger charge is 2.57. The van der Waals surface area contributed by atoms with Gasteiger partial charge in [0.25, 0.3) is 0 Å². The zero-order valence-corrected chi connectivity index (χ0v) is 24.7. The van der Waals surface area contributed by atoms with Crippen molar-refractivity contribution in [2.24, 2.45) is 34.5 Å². The molecule has 0 aromatic carbocycles. The number of hydrogen-bond acceptors (Lipinski definition) is 5. The number of ether oxygens (including phenoxy) is 1. The van der Waals surface area contributed by atoms with Gasteiger partial charge in [0.1, 0.15) is 6.10 Å². The molecule has 39 heavy (non-hydrogen) atoms. The van der Waals surface area contributed by atoms with Crippen molar-refractivity contribution < 1.29 is 9.53 Å². The van der Waals surface area contributed by atoms with Crippen LogP contribution < -0.4 is 0 Å². The Kier molecular flexibility index (Phi) is 7.52. The van der Waals surface area contributed by atoms with Crippen LogP contribution in [0.25, 0.3) is 5.57 Å². The van der Waals surface area contributed by atoms with E-state index < -0.39 is 0 Å². The third-order valence-corrected chi connectivity index (χ3v) is 11.7. The fourth-order valence-electron chi connectivity index (χ4n) is 9.26. The second kappa shape index (κ2) is 10.8. The molecule has 1 aromatic rings. The lowest BCUT2D eigenvalue weighted by Crippen LogP contribution is -2.50. The monoisotopic (exact) mass is 531 g/mol. The zero-order valence-electron chi connectivity index (χ0n) is 24.7. The van der Waals surface area contributed by atoms with Crippen molar-refractivity contribution in [2.45, 2.75) is 77.7 Å². The number of likely N-dealkylation sites (N-methyl/N-ethyl adjacent to an activating group) is 1. The minimum Gasteiger partial charge on any atom is -0.462 e. The maximum atomic E-state index is 13.1. The highest BCUT2D eigenvalue weighted by atomic mass is 16.5. The van der Waals surface area contributed by atoms with Crippen LogP contribution in [0.5, 0.6) is 0 Å². The highest BCUT2D eigenvalue weighted by Crippen LogP contribution is 2.66. The molecule has 0 amide bonds. The van der Waals surface area contributed by atoms with Crippen molar-refractivity contribution in [1.29, 1.82) is 0 Å². The molecule has 6 rings (SSSR count). The van der Waals surface area contributed by atoms with Crippen LogP contribution in [-0.2, 0) is 9.53 Å². The third kappa shape index (κ3) is 5.03. The molecule has 3 fully saturated rings. The van der Waals surface area contributed by atoms with Crippen LogP contribution in [0.4, 0.5) is 0 Å². The molecule has 0 N–H and O–H groups in total. The first-order chi connectivity index (χ1) is 18.8. The molecule has 0 bridgehead atoms. The van der Waals surface area contributed by atoms with Crippen LogP contribution in [0.15, 0.2) is 42.3 Å². The number of piperidine rings is 1. The lowest BCUT2D eigenvalue weighted by molar-refractivity contribution is -0.158. The summed E-state index contributed by atoms with van der Waals surface area (Å²) in [4.78, 5) is 22.3.